The van der Waals surface area contributed by atoms with E-state index in [1.807, 2.05) is 36.4 Å². The number of halogens is 1. The highest BCUT2D eigenvalue weighted by molar-refractivity contribution is 14.1. The first-order valence-corrected chi connectivity index (χ1v) is 5.91. The van der Waals surface area contributed by atoms with Gasteiger partial charge < -0.3 is 5.11 Å². The lowest BCUT2D eigenvalue weighted by atomic mass is 10.2. The van der Waals surface area contributed by atoms with Gasteiger partial charge in [0.15, 0.2) is 0 Å². The molecule has 0 amide bonds. The van der Waals surface area contributed by atoms with Crippen LogP contribution in [0.25, 0.3) is 0 Å². The van der Waals surface area contributed by atoms with Gasteiger partial charge in [-0.15, -0.1) is 0 Å². The van der Waals surface area contributed by atoms with E-state index < -0.39 is 0 Å². The lowest BCUT2D eigenvalue weighted by molar-refractivity contribution is 0.474. The van der Waals surface area contributed by atoms with Crippen LogP contribution >= 0.6 is 22.6 Å². The fourth-order valence-corrected chi connectivity index (χ4v) is 1.63. The molecule has 0 saturated heterocycles. The van der Waals surface area contributed by atoms with Gasteiger partial charge in [0.25, 0.3) is 0 Å². The van der Waals surface area contributed by atoms with Gasteiger partial charge in [0.05, 0.1) is 5.69 Å². The molecule has 0 heterocycles. The van der Waals surface area contributed by atoms with E-state index in [4.69, 9.17) is 0 Å². The summed E-state index contributed by atoms with van der Waals surface area (Å²) in [5.74, 6) is 0.247. The van der Waals surface area contributed by atoms with Crippen LogP contribution in [0.15, 0.2) is 53.5 Å². The summed E-state index contributed by atoms with van der Waals surface area (Å²) < 4.78 is 1.18. The van der Waals surface area contributed by atoms with Gasteiger partial charge in [-0.2, -0.15) is 0 Å². The van der Waals surface area contributed by atoms with Crippen LogP contribution in [0.4, 0.5) is 5.69 Å². The number of aromatic hydroxyl groups is 1. The van der Waals surface area contributed by atoms with Crippen LogP contribution in [-0.4, -0.2) is 11.3 Å². The molecular weight excluding hydrogens is 313 g/mol. The Balaban J connectivity index is 2.21. The van der Waals surface area contributed by atoms with Gasteiger partial charge in [-0.1, -0.05) is 12.1 Å². The second kappa shape index (κ2) is 5.12. The van der Waals surface area contributed by atoms with Crippen LogP contribution < -0.4 is 0 Å². The van der Waals surface area contributed by atoms with E-state index in [0.29, 0.717) is 0 Å². The van der Waals surface area contributed by atoms with Crippen LogP contribution in [0.3, 0.4) is 0 Å². The largest absolute Gasteiger partial charge is 0.507 e. The van der Waals surface area contributed by atoms with Crippen molar-refractivity contribution in [3.8, 4) is 5.75 Å². The minimum absolute atomic E-state index is 0.247. The third-order valence-electron chi connectivity index (χ3n) is 2.12. The Morgan fingerprint density at radius 1 is 1.00 bits per heavy atom. The Morgan fingerprint density at radius 2 is 1.69 bits per heavy atom. The van der Waals surface area contributed by atoms with Crippen LogP contribution in [0.2, 0.25) is 0 Å². The van der Waals surface area contributed by atoms with E-state index in [1.54, 1.807) is 18.3 Å². The first kappa shape index (κ1) is 11.1. The maximum absolute atomic E-state index is 9.54. The molecule has 0 aliphatic carbocycles. The average Bonchev–Trinajstić information content (AvgIpc) is 2.30. The Kier molecular flexibility index (Phi) is 3.56. The van der Waals surface area contributed by atoms with E-state index in [2.05, 4.69) is 27.6 Å². The maximum Gasteiger partial charge on any atom is 0.124 e. The predicted octanol–water partition coefficient (Wildman–Crippen LogP) is 3.75. The lowest BCUT2D eigenvalue weighted by Crippen LogP contribution is -1.80. The molecule has 0 fully saturated rings. The van der Waals surface area contributed by atoms with Crippen LogP contribution in [0.5, 0.6) is 5.75 Å². The number of nitrogens with zero attached hydrogens (tertiary/aromatic N) is 1. The van der Waals surface area contributed by atoms with E-state index in [-0.39, 0.29) is 5.75 Å². The molecule has 0 atom stereocenters. The van der Waals surface area contributed by atoms with Crippen molar-refractivity contribution in [2.75, 3.05) is 0 Å². The monoisotopic (exact) mass is 323 g/mol. The highest BCUT2D eigenvalue weighted by atomic mass is 127. The zero-order valence-corrected chi connectivity index (χ0v) is 10.6. The van der Waals surface area contributed by atoms with Gasteiger partial charge in [0.2, 0.25) is 0 Å². The summed E-state index contributed by atoms with van der Waals surface area (Å²) in [5, 5.41) is 9.54. The van der Waals surface area contributed by atoms with Gasteiger partial charge in [-0.25, -0.2) is 0 Å². The lowest BCUT2D eigenvalue weighted by Gasteiger charge is -1.97. The SMILES string of the molecule is Oc1ccccc1C=Nc1ccc(I)cc1. The number of rotatable bonds is 2. The molecule has 0 aromatic heterocycles. The van der Waals surface area contributed by atoms with E-state index >= 15 is 0 Å². The van der Waals surface area contributed by atoms with Gasteiger partial charge >= 0.3 is 0 Å². The van der Waals surface area contributed by atoms with Gasteiger partial charge in [0, 0.05) is 15.3 Å². The molecule has 2 aromatic rings. The van der Waals surface area contributed by atoms with Gasteiger partial charge in [-0.3, -0.25) is 4.99 Å². The fourth-order valence-electron chi connectivity index (χ4n) is 1.27. The molecule has 0 aliphatic rings. The molecule has 0 radical (unpaired) electrons. The minimum Gasteiger partial charge on any atom is -0.507 e. The molecule has 1 N–H and O–H groups in total. The van der Waals surface area contributed by atoms with E-state index in [9.17, 15) is 5.11 Å². The molecule has 2 rings (SSSR count). The maximum atomic E-state index is 9.54. The quantitative estimate of drug-likeness (QED) is 0.663. The van der Waals surface area contributed by atoms with Crippen molar-refractivity contribution in [3.63, 3.8) is 0 Å². The number of para-hydroxylation sites is 1. The van der Waals surface area contributed by atoms with Crippen LogP contribution in [0.1, 0.15) is 5.56 Å². The highest BCUT2D eigenvalue weighted by Crippen LogP contribution is 2.17. The van der Waals surface area contributed by atoms with Crippen LogP contribution in [-0.2, 0) is 0 Å². The van der Waals surface area contributed by atoms with Gasteiger partial charge in [-0.05, 0) is 59.0 Å². The smallest absolute Gasteiger partial charge is 0.124 e. The molecule has 0 unspecified atom stereocenters. The third kappa shape index (κ3) is 2.82. The van der Waals surface area contributed by atoms with Crippen molar-refractivity contribution in [1.29, 1.82) is 0 Å². The summed E-state index contributed by atoms with van der Waals surface area (Å²) in [6.45, 7) is 0. The molecule has 3 heteroatoms. The standard InChI is InChI=1S/C13H10INO/c14-11-5-7-12(8-6-11)15-9-10-3-1-2-4-13(10)16/h1-9,16H. The summed E-state index contributed by atoms with van der Waals surface area (Å²) in [4.78, 5) is 4.29. The number of phenolic OH excluding ortho intramolecular Hbond substituents is 1. The summed E-state index contributed by atoms with van der Waals surface area (Å²) >= 11 is 2.25. The van der Waals surface area contributed by atoms with Crippen molar-refractivity contribution in [1.82, 2.24) is 0 Å². The summed E-state index contributed by atoms with van der Waals surface area (Å²) in [6.07, 6.45) is 1.66. The Morgan fingerprint density at radius 3 is 2.38 bits per heavy atom. The number of hydrogen-bond acceptors (Lipinski definition) is 2. The molecule has 2 aromatic carbocycles. The third-order valence-corrected chi connectivity index (χ3v) is 2.84. The predicted molar refractivity (Wildman–Crippen MR) is 74.5 cm³/mol. The minimum atomic E-state index is 0.247. The molecule has 16 heavy (non-hydrogen) atoms. The Bertz CT molecular complexity index is 506. The van der Waals surface area contributed by atoms with Crippen molar-refractivity contribution in [3.05, 3.63) is 57.7 Å². The highest BCUT2D eigenvalue weighted by Gasteiger charge is 1.94. The topological polar surface area (TPSA) is 32.6 Å². The number of benzene rings is 2. The summed E-state index contributed by atoms with van der Waals surface area (Å²) in [7, 11) is 0. The van der Waals surface area contributed by atoms with Crippen molar-refractivity contribution >= 4 is 34.5 Å². The zero-order valence-electron chi connectivity index (χ0n) is 8.47. The van der Waals surface area contributed by atoms with Crippen molar-refractivity contribution in [2.24, 2.45) is 4.99 Å². The van der Waals surface area contributed by atoms with Crippen LogP contribution in [0, 0.1) is 3.57 Å². The molecule has 0 spiro atoms. The van der Waals surface area contributed by atoms with Crippen molar-refractivity contribution < 1.29 is 5.11 Å². The summed E-state index contributed by atoms with van der Waals surface area (Å²) in [6, 6.07) is 15.0. The van der Waals surface area contributed by atoms with E-state index in [1.165, 1.54) is 3.57 Å². The van der Waals surface area contributed by atoms with E-state index in [0.717, 1.165) is 11.3 Å². The summed E-state index contributed by atoms with van der Waals surface area (Å²) in [5.41, 5.74) is 1.60. The molecule has 0 saturated carbocycles. The fraction of sp³-hybridized carbons (Fsp3) is 0. The van der Waals surface area contributed by atoms with Gasteiger partial charge in [0.1, 0.15) is 5.75 Å². The molecule has 80 valence electrons. The zero-order chi connectivity index (χ0) is 11.4. The Labute approximate surface area is 108 Å². The molecular formula is C13H10INO. The average molecular weight is 323 g/mol. The molecule has 0 aliphatic heterocycles. The normalized spacial score (nSPS) is 10.8. The first-order chi connectivity index (χ1) is 7.75. The molecule has 0 bridgehead atoms. The molecule has 2 nitrogen and oxygen atoms in total. The number of phenols is 1. The second-order valence-corrected chi connectivity index (χ2v) is 4.54. The van der Waals surface area contributed by atoms with Crippen molar-refractivity contribution in [2.45, 2.75) is 0 Å². The first-order valence-electron chi connectivity index (χ1n) is 4.83. The Hall–Kier alpha value is -1.36. The number of hydrogen-bond donors (Lipinski definition) is 1. The second-order valence-electron chi connectivity index (χ2n) is 3.29. The number of aliphatic imine (C=N–C) groups is 1.